The quantitative estimate of drug-likeness (QED) is 0.122. The Bertz CT molecular complexity index is 2410. The molecule has 0 N–H and O–H groups in total. The average molecular weight is 871 g/mol. The minimum absolute atomic E-state index is 0. The van der Waals surface area contributed by atoms with Gasteiger partial charge < -0.3 is 24.8 Å². The standard InChI is InChI=1S/2C24H23.C4H10Si.2ClH.Zr/c2*1-16-22(24(2,3)4)15-18-11-8-14-21(23(16)18)20-13-7-10-17-9-5-6-12-19(17)20;1-3-4-5-2;;;/h2*5-15H,1-4H3;3-4H2,1-2H3;2*1H;/q2*-1;;;;+2/p-2. The summed E-state index contributed by atoms with van der Waals surface area (Å²) in [4.78, 5) is 0. The molecule has 0 aliphatic carbocycles. The molecule has 0 bridgehead atoms. The Morgan fingerprint density at radius 3 is 1.18 bits per heavy atom. The molecule has 0 spiro atoms. The van der Waals surface area contributed by atoms with Crippen molar-refractivity contribution in [2.75, 3.05) is 0 Å². The van der Waals surface area contributed by atoms with E-state index in [1.165, 1.54) is 100 Å². The molecule has 0 atom stereocenters. The van der Waals surface area contributed by atoms with Crippen LogP contribution in [-0.4, -0.2) is 5.43 Å². The molecule has 0 heterocycles. The van der Waals surface area contributed by atoms with Gasteiger partial charge in [0.2, 0.25) is 0 Å². The largest absolute Gasteiger partial charge is 1.00 e. The number of aryl methyl sites for hydroxylation is 2. The summed E-state index contributed by atoms with van der Waals surface area (Å²) >= 11 is 1.79. The van der Waals surface area contributed by atoms with Crippen LogP contribution in [0.3, 0.4) is 0 Å². The van der Waals surface area contributed by atoms with Crippen molar-refractivity contribution in [2.24, 2.45) is 0 Å². The van der Waals surface area contributed by atoms with Crippen LogP contribution in [0.1, 0.15) is 77.1 Å². The first-order chi connectivity index (χ1) is 25.7. The van der Waals surface area contributed by atoms with Crippen LogP contribution in [0.25, 0.3) is 65.3 Å². The average Bonchev–Trinajstić information content (AvgIpc) is 3.69. The fourth-order valence-corrected chi connectivity index (χ4v) is 10.9. The first kappa shape index (κ1) is 45.4. The van der Waals surface area contributed by atoms with Gasteiger partial charge in [-0.1, -0.05) is 164 Å². The summed E-state index contributed by atoms with van der Waals surface area (Å²) in [6.45, 7) is 23.0. The van der Waals surface area contributed by atoms with Gasteiger partial charge in [0.05, 0.1) is 0 Å². The second kappa shape index (κ2) is 19.0. The Hall–Kier alpha value is -3.26. The molecule has 0 aliphatic heterocycles. The van der Waals surface area contributed by atoms with E-state index < -0.39 is 0 Å². The summed E-state index contributed by atoms with van der Waals surface area (Å²) < 4.78 is 0. The smallest absolute Gasteiger partial charge is 0.0114 e. The zero-order valence-electron chi connectivity index (χ0n) is 34.9. The Kier molecular flexibility index (Phi) is 15.4. The van der Waals surface area contributed by atoms with Crippen molar-refractivity contribution < 1.29 is 48.1 Å². The summed E-state index contributed by atoms with van der Waals surface area (Å²) in [6, 6.07) is 50.2. The van der Waals surface area contributed by atoms with Crippen molar-refractivity contribution in [3.63, 3.8) is 0 Å². The van der Waals surface area contributed by atoms with Crippen LogP contribution in [0, 0.1) is 13.8 Å². The number of rotatable bonds is 4. The van der Waals surface area contributed by atoms with Crippen molar-refractivity contribution in [3.05, 3.63) is 156 Å². The summed E-state index contributed by atoms with van der Waals surface area (Å²) in [5, 5.41) is 10.7. The molecule has 0 aromatic heterocycles. The molecule has 0 fully saturated rings. The molecule has 4 heteroatoms. The number of fused-ring (bicyclic) bond motifs is 4. The van der Waals surface area contributed by atoms with Gasteiger partial charge >= 0.3 is 54.7 Å². The van der Waals surface area contributed by atoms with Crippen molar-refractivity contribution >= 4 is 48.5 Å². The number of hydrogen-bond donors (Lipinski definition) is 0. The molecule has 0 aliphatic rings. The van der Waals surface area contributed by atoms with Gasteiger partial charge in [-0.3, -0.25) is 0 Å². The second-order valence-electron chi connectivity index (χ2n) is 17.0. The predicted molar refractivity (Wildman–Crippen MR) is 239 cm³/mol. The zero-order chi connectivity index (χ0) is 38.8. The second-order valence-corrected chi connectivity index (χ2v) is 25.3. The normalized spacial score (nSPS) is 11.4. The topological polar surface area (TPSA) is 0 Å². The Morgan fingerprint density at radius 2 is 0.839 bits per heavy atom. The third kappa shape index (κ3) is 9.70. The Morgan fingerprint density at radius 1 is 0.500 bits per heavy atom. The van der Waals surface area contributed by atoms with Crippen molar-refractivity contribution in [2.45, 2.75) is 92.2 Å². The molecule has 0 saturated carbocycles. The monoisotopic (exact) mass is 868 g/mol. The summed E-state index contributed by atoms with van der Waals surface area (Å²) in [5.41, 5.74) is 11.6. The Balaban J connectivity index is 0.000000211. The van der Waals surface area contributed by atoms with Gasteiger partial charge in [-0.25, -0.2) is 0 Å². The number of benzene rings is 6. The molecule has 0 saturated heterocycles. The van der Waals surface area contributed by atoms with E-state index in [4.69, 9.17) is 0 Å². The maximum absolute atomic E-state index is 2.40. The number of hydrogen-bond acceptors (Lipinski definition) is 0. The van der Waals surface area contributed by atoms with Crippen LogP contribution < -0.4 is 24.8 Å². The third-order valence-electron chi connectivity index (χ3n) is 10.8. The maximum atomic E-state index is 2.40. The van der Waals surface area contributed by atoms with E-state index in [2.05, 4.69) is 202 Å². The van der Waals surface area contributed by atoms with Crippen LogP contribution in [0.2, 0.25) is 12.6 Å². The van der Waals surface area contributed by atoms with Gasteiger partial charge in [-0.15, -0.1) is 69.1 Å². The van der Waals surface area contributed by atoms with Gasteiger partial charge in [0.15, 0.2) is 0 Å². The van der Waals surface area contributed by atoms with Gasteiger partial charge in [-0.05, 0) is 43.5 Å². The zero-order valence-corrected chi connectivity index (χ0v) is 39.8. The molecule has 56 heavy (non-hydrogen) atoms. The minimum atomic E-state index is 0. The minimum Gasteiger partial charge on any atom is -1.00 e. The van der Waals surface area contributed by atoms with E-state index in [-0.39, 0.29) is 41.1 Å². The molecule has 288 valence electrons. The van der Waals surface area contributed by atoms with Crippen molar-refractivity contribution in [1.29, 1.82) is 0 Å². The van der Waals surface area contributed by atoms with Crippen molar-refractivity contribution in [3.8, 4) is 22.3 Å². The molecule has 0 radical (unpaired) electrons. The summed E-state index contributed by atoms with van der Waals surface area (Å²) in [7, 11) is 0. The molecule has 8 aromatic rings. The van der Waals surface area contributed by atoms with Crippen molar-refractivity contribution in [1.82, 2.24) is 0 Å². The van der Waals surface area contributed by atoms with E-state index in [0.717, 1.165) is 0 Å². The summed E-state index contributed by atoms with van der Waals surface area (Å²) in [5.74, 6) is 0. The first-order valence-electron chi connectivity index (χ1n) is 19.6. The molecule has 0 nitrogen and oxygen atoms in total. The molecule has 0 amide bonds. The Labute approximate surface area is 364 Å². The van der Waals surface area contributed by atoms with Gasteiger partial charge in [0.25, 0.3) is 0 Å². The van der Waals surface area contributed by atoms with E-state index in [0.29, 0.717) is 0 Å². The SMILES string of the molecule is CCC[Si](C)=[Zr+2].Cc1c(C(C)(C)C)[cH-]c2cccc(-c3cccc4ccccc34)c12.Cc1c(C(C)(C)C)[cH-]c2cccc(-c3cccc4ccccc34)c12.[Cl-].[Cl-]. The molecule has 8 rings (SSSR count). The maximum Gasteiger partial charge on any atom is -0.0114 e. The van der Waals surface area contributed by atoms with Crippen LogP contribution >= 0.6 is 0 Å². The first-order valence-corrected chi connectivity index (χ1v) is 25.5. The van der Waals surface area contributed by atoms with E-state index in [1.807, 2.05) is 0 Å². The predicted octanol–water partition coefficient (Wildman–Crippen LogP) is 9.54. The summed E-state index contributed by atoms with van der Waals surface area (Å²) in [6.07, 6.45) is 1.40. The molecular weight excluding hydrogens is 815 g/mol. The van der Waals surface area contributed by atoms with Crippen LogP contribution in [0.5, 0.6) is 0 Å². The van der Waals surface area contributed by atoms with Gasteiger partial charge in [0.1, 0.15) is 0 Å². The van der Waals surface area contributed by atoms with E-state index in [9.17, 15) is 0 Å². The fourth-order valence-electron chi connectivity index (χ4n) is 8.32. The van der Waals surface area contributed by atoms with E-state index in [1.54, 1.807) is 23.3 Å². The fraction of sp³-hybridized carbons (Fsp3) is 0.269. The molecule has 8 aromatic carbocycles. The number of halogens is 2. The van der Waals surface area contributed by atoms with Crippen LogP contribution in [-0.2, 0) is 34.2 Å². The van der Waals surface area contributed by atoms with Gasteiger partial charge in [0, 0.05) is 0 Å². The molecule has 0 unspecified atom stereocenters. The van der Waals surface area contributed by atoms with Crippen LogP contribution in [0.15, 0.2) is 133 Å². The van der Waals surface area contributed by atoms with E-state index >= 15 is 0 Å². The van der Waals surface area contributed by atoms with Crippen LogP contribution in [0.4, 0.5) is 0 Å². The van der Waals surface area contributed by atoms with Gasteiger partial charge in [-0.2, -0.15) is 11.1 Å². The third-order valence-corrected chi connectivity index (χ3v) is 13.8. The molecular formula is C52H56Cl2SiZr-2.